The Morgan fingerprint density at radius 1 is 0.511 bits per heavy atom. The van der Waals surface area contributed by atoms with Crippen LogP contribution in [0.25, 0.3) is 72.7 Å². The maximum atomic E-state index is 4.98. The van der Waals surface area contributed by atoms with Gasteiger partial charge in [-0.1, -0.05) is 118 Å². The molecule has 8 aromatic rings. The van der Waals surface area contributed by atoms with Crippen molar-refractivity contribution in [3.63, 3.8) is 0 Å². The molecule has 0 unspecified atom stereocenters. The second-order valence-corrected chi connectivity index (χ2v) is 12.9. The predicted octanol–water partition coefficient (Wildman–Crippen LogP) is 10.3. The van der Waals surface area contributed by atoms with Gasteiger partial charge < -0.3 is 0 Å². The summed E-state index contributed by atoms with van der Waals surface area (Å²) in [6, 6.07) is 48.7. The summed E-state index contributed by atoms with van der Waals surface area (Å²) in [5.74, 6) is 1.43. The predicted molar refractivity (Wildman–Crippen MR) is 192 cm³/mol. The van der Waals surface area contributed by atoms with E-state index in [9.17, 15) is 0 Å². The first-order chi connectivity index (χ1) is 22.9. The summed E-state index contributed by atoms with van der Waals surface area (Å²) in [5.41, 5.74) is 7.94. The largest absolute Gasteiger partial charge is 0.274 e. The molecular formula is C42H33N5. The van der Waals surface area contributed by atoms with Crippen LogP contribution in [0.5, 0.6) is 0 Å². The number of rotatable bonds is 5. The first-order valence-corrected chi connectivity index (χ1v) is 15.9. The van der Waals surface area contributed by atoms with E-state index in [1.165, 1.54) is 32.7 Å². The minimum absolute atomic E-state index is 0.0404. The van der Waals surface area contributed by atoms with Crippen molar-refractivity contribution < 1.29 is 0 Å². The van der Waals surface area contributed by atoms with Crippen LogP contribution in [0.4, 0.5) is 0 Å². The molecule has 0 aliphatic rings. The maximum Gasteiger partial charge on any atom is 0.187 e. The molecule has 0 spiro atoms. The zero-order chi connectivity index (χ0) is 32.0. The number of hydrogen-bond donors (Lipinski definition) is 0. The summed E-state index contributed by atoms with van der Waals surface area (Å²) in [5, 5.41) is 14.5. The highest BCUT2D eigenvalue weighted by Gasteiger charge is 2.21. The molecule has 226 valence electrons. The Bertz CT molecular complexity index is 2370. The highest BCUT2D eigenvalue weighted by molar-refractivity contribution is 6.13. The van der Waals surface area contributed by atoms with Crippen molar-refractivity contribution in [1.82, 2.24) is 24.7 Å². The quantitative estimate of drug-likeness (QED) is 0.183. The highest BCUT2D eigenvalue weighted by atomic mass is 15.3. The molecule has 0 atom stereocenters. The fourth-order valence-electron chi connectivity index (χ4n) is 6.30. The van der Waals surface area contributed by atoms with Crippen molar-refractivity contribution in [1.29, 1.82) is 0 Å². The van der Waals surface area contributed by atoms with Gasteiger partial charge in [-0.25, -0.2) is 4.98 Å². The molecule has 5 nitrogen and oxygen atoms in total. The van der Waals surface area contributed by atoms with Gasteiger partial charge in [-0.3, -0.25) is 9.55 Å². The third-order valence-corrected chi connectivity index (χ3v) is 8.78. The van der Waals surface area contributed by atoms with Crippen LogP contribution in [0, 0.1) is 0 Å². The van der Waals surface area contributed by atoms with Crippen LogP contribution < -0.4 is 0 Å². The second kappa shape index (κ2) is 11.5. The molecule has 5 aromatic carbocycles. The summed E-state index contributed by atoms with van der Waals surface area (Å²) in [7, 11) is 0. The fraction of sp³-hybridized carbons (Fsp3) is 0.0952. The number of hydrogen-bond acceptors (Lipinski definition) is 4. The van der Waals surface area contributed by atoms with E-state index in [0.29, 0.717) is 5.82 Å². The van der Waals surface area contributed by atoms with E-state index in [1.807, 2.05) is 36.4 Å². The molecule has 0 saturated carbocycles. The van der Waals surface area contributed by atoms with Gasteiger partial charge in [0.25, 0.3) is 0 Å². The maximum absolute atomic E-state index is 4.98. The lowest BCUT2D eigenvalue weighted by atomic mass is 9.87. The van der Waals surface area contributed by atoms with Crippen LogP contribution >= 0.6 is 0 Å². The van der Waals surface area contributed by atoms with E-state index >= 15 is 0 Å². The number of fused-ring (bicyclic) bond motifs is 3. The molecule has 0 fully saturated rings. The molecule has 3 heterocycles. The molecule has 0 bridgehead atoms. The normalized spacial score (nSPS) is 11.7. The van der Waals surface area contributed by atoms with E-state index in [4.69, 9.17) is 15.2 Å². The Balaban J connectivity index is 1.26. The average Bonchev–Trinajstić information content (AvgIpc) is 3.57. The van der Waals surface area contributed by atoms with Gasteiger partial charge in [0.15, 0.2) is 11.6 Å². The van der Waals surface area contributed by atoms with Crippen molar-refractivity contribution in [2.75, 3.05) is 0 Å². The van der Waals surface area contributed by atoms with Crippen molar-refractivity contribution in [3.8, 4) is 51.1 Å². The molecule has 0 saturated heterocycles. The monoisotopic (exact) mass is 607 g/mol. The van der Waals surface area contributed by atoms with Crippen LogP contribution in [0.3, 0.4) is 0 Å². The smallest absolute Gasteiger partial charge is 0.187 e. The molecule has 0 radical (unpaired) electrons. The lowest BCUT2D eigenvalue weighted by molar-refractivity contribution is 0.590. The fourth-order valence-corrected chi connectivity index (χ4v) is 6.30. The highest BCUT2D eigenvalue weighted by Crippen LogP contribution is 2.36. The molecule has 0 amide bonds. The minimum Gasteiger partial charge on any atom is -0.274 e. The van der Waals surface area contributed by atoms with E-state index in [-0.39, 0.29) is 5.41 Å². The summed E-state index contributed by atoms with van der Waals surface area (Å²) < 4.78 is 2.11. The summed E-state index contributed by atoms with van der Waals surface area (Å²) in [4.78, 5) is 9.50. The Hall–Kier alpha value is -5.94. The first-order valence-electron chi connectivity index (χ1n) is 15.9. The van der Waals surface area contributed by atoms with Crippen molar-refractivity contribution in [3.05, 3.63) is 151 Å². The molecule has 3 aromatic heterocycles. The van der Waals surface area contributed by atoms with Gasteiger partial charge in [0.1, 0.15) is 5.69 Å². The summed E-state index contributed by atoms with van der Waals surface area (Å²) in [6.45, 7) is 6.68. The van der Waals surface area contributed by atoms with Gasteiger partial charge in [0.2, 0.25) is 0 Å². The SMILES string of the molecule is CC(C)(C)c1ccc(-n2c(-c3ccc(-c4cc5ccccc5c5ccccc45)cc3)nnc2-c2cccc(-c3ccccn3)n2)cc1. The second-order valence-electron chi connectivity index (χ2n) is 12.9. The molecule has 47 heavy (non-hydrogen) atoms. The van der Waals surface area contributed by atoms with Crippen LogP contribution in [-0.2, 0) is 5.41 Å². The van der Waals surface area contributed by atoms with Crippen LogP contribution in [-0.4, -0.2) is 24.7 Å². The van der Waals surface area contributed by atoms with Gasteiger partial charge >= 0.3 is 0 Å². The Labute approximate surface area is 274 Å². The third-order valence-electron chi connectivity index (χ3n) is 8.78. The molecule has 8 rings (SSSR count). The van der Waals surface area contributed by atoms with Crippen molar-refractivity contribution in [2.45, 2.75) is 26.2 Å². The van der Waals surface area contributed by atoms with E-state index in [0.717, 1.165) is 39.7 Å². The third kappa shape index (κ3) is 5.26. The van der Waals surface area contributed by atoms with E-state index in [1.54, 1.807) is 6.20 Å². The molecule has 0 aliphatic heterocycles. The Morgan fingerprint density at radius 2 is 1.15 bits per heavy atom. The minimum atomic E-state index is 0.0404. The number of nitrogens with zero attached hydrogens (tertiary/aromatic N) is 5. The van der Waals surface area contributed by atoms with E-state index in [2.05, 4.69) is 133 Å². The van der Waals surface area contributed by atoms with E-state index < -0.39 is 0 Å². The molecular weight excluding hydrogens is 574 g/mol. The molecule has 0 N–H and O–H groups in total. The number of aromatic nitrogens is 5. The number of pyridine rings is 2. The van der Waals surface area contributed by atoms with Crippen molar-refractivity contribution in [2.24, 2.45) is 0 Å². The van der Waals surface area contributed by atoms with Gasteiger partial charge in [0, 0.05) is 17.4 Å². The summed E-state index contributed by atoms with van der Waals surface area (Å²) in [6.07, 6.45) is 1.78. The van der Waals surface area contributed by atoms with Crippen LogP contribution in [0.15, 0.2) is 146 Å². The first kappa shape index (κ1) is 28.5. The average molecular weight is 608 g/mol. The van der Waals surface area contributed by atoms with Gasteiger partial charge in [-0.05, 0) is 86.1 Å². The zero-order valence-electron chi connectivity index (χ0n) is 26.6. The Morgan fingerprint density at radius 3 is 1.89 bits per heavy atom. The zero-order valence-corrected chi connectivity index (χ0v) is 26.6. The number of benzene rings is 5. The van der Waals surface area contributed by atoms with Crippen molar-refractivity contribution >= 4 is 21.5 Å². The lowest BCUT2D eigenvalue weighted by Gasteiger charge is -2.20. The molecule has 0 aliphatic carbocycles. The van der Waals surface area contributed by atoms with Crippen LogP contribution in [0.1, 0.15) is 26.3 Å². The summed E-state index contributed by atoms with van der Waals surface area (Å²) >= 11 is 0. The van der Waals surface area contributed by atoms with Gasteiger partial charge in [-0.2, -0.15) is 0 Å². The standard InChI is InChI=1S/C42H33N5/c1-42(2,3)31-22-24-32(25-23-31)47-40(45-46-41(47)39-17-10-16-38(44-39)37-15-8-9-26-43-37)29-20-18-28(19-21-29)36-27-30-11-4-5-12-33(30)34-13-6-7-14-35(34)36/h4-27H,1-3H3. The van der Waals surface area contributed by atoms with Crippen LogP contribution in [0.2, 0.25) is 0 Å². The van der Waals surface area contributed by atoms with Gasteiger partial charge in [-0.15, -0.1) is 10.2 Å². The Kier molecular flexibility index (Phi) is 6.95. The molecule has 5 heteroatoms. The topological polar surface area (TPSA) is 56.5 Å². The lowest BCUT2D eigenvalue weighted by Crippen LogP contribution is -2.11. The van der Waals surface area contributed by atoms with Gasteiger partial charge in [0.05, 0.1) is 11.4 Å².